The second-order valence-electron chi connectivity index (χ2n) is 7.70. The quantitative estimate of drug-likeness (QED) is 0.864. The maximum Gasteiger partial charge on any atom is 0.322 e. The molecule has 4 bridgehead atoms. The van der Waals surface area contributed by atoms with E-state index in [4.69, 9.17) is 21.1 Å². The molecule has 2 saturated heterocycles. The summed E-state index contributed by atoms with van der Waals surface area (Å²) in [7, 11) is 3.13. The molecule has 1 aromatic carbocycles. The van der Waals surface area contributed by atoms with Crippen molar-refractivity contribution in [1.29, 1.82) is 0 Å². The fraction of sp³-hybridized carbons (Fsp3) is 0.632. The van der Waals surface area contributed by atoms with Gasteiger partial charge < -0.3 is 19.7 Å². The number of anilines is 1. The molecule has 2 saturated carbocycles. The average molecular weight is 365 g/mol. The van der Waals surface area contributed by atoms with E-state index in [9.17, 15) is 4.79 Å². The van der Waals surface area contributed by atoms with Crippen molar-refractivity contribution >= 4 is 23.3 Å². The summed E-state index contributed by atoms with van der Waals surface area (Å²) < 4.78 is 10.6. The molecule has 6 heteroatoms. The minimum Gasteiger partial charge on any atom is -0.495 e. The number of carbonyl (C=O) groups excluding carboxylic acids is 1. The van der Waals surface area contributed by atoms with Crippen LogP contribution in [-0.4, -0.2) is 37.7 Å². The number of nitrogens with one attached hydrogen (secondary N) is 1. The van der Waals surface area contributed by atoms with Crippen molar-refractivity contribution in [2.45, 2.75) is 38.1 Å². The number of amides is 2. The SMILES string of the molecule is COc1cc(OC)c(NC(=O)N2CC3C[C@@H]4CC2C[C@H](C3)C4)cc1Cl. The Bertz CT molecular complexity index is 667. The lowest BCUT2D eigenvalue weighted by molar-refractivity contribution is 0.136. The highest BCUT2D eigenvalue weighted by atomic mass is 35.5. The second kappa shape index (κ2) is 6.60. The topological polar surface area (TPSA) is 50.8 Å². The minimum atomic E-state index is -0.0438. The highest BCUT2D eigenvalue weighted by Gasteiger charge is 2.44. The third-order valence-electron chi connectivity index (χ3n) is 6.08. The van der Waals surface area contributed by atoms with Crippen LogP contribution >= 0.6 is 11.6 Å². The third-order valence-corrected chi connectivity index (χ3v) is 6.38. The second-order valence-corrected chi connectivity index (χ2v) is 8.11. The Morgan fingerprint density at radius 2 is 1.68 bits per heavy atom. The van der Waals surface area contributed by atoms with Gasteiger partial charge in [0.1, 0.15) is 11.5 Å². The van der Waals surface area contributed by atoms with Crippen LogP contribution in [0.15, 0.2) is 12.1 Å². The molecule has 2 unspecified atom stereocenters. The number of nitrogens with zero attached hydrogens (tertiary/aromatic N) is 1. The average Bonchev–Trinajstić information content (AvgIpc) is 2.78. The van der Waals surface area contributed by atoms with E-state index in [-0.39, 0.29) is 6.03 Å². The van der Waals surface area contributed by atoms with Gasteiger partial charge in [-0.2, -0.15) is 0 Å². The summed E-state index contributed by atoms with van der Waals surface area (Å²) in [5, 5.41) is 3.47. The number of halogens is 1. The first-order chi connectivity index (χ1) is 12.1. The van der Waals surface area contributed by atoms with E-state index in [0.29, 0.717) is 34.2 Å². The van der Waals surface area contributed by atoms with Crippen LogP contribution in [0, 0.1) is 17.8 Å². The van der Waals surface area contributed by atoms with Crippen molar-refractivity contribution in [3.8, 4) is 11.5 Å². The number of ether oxygens (including phenoxy) is 2. The fourth-order valence-corrected chi connectivity index (χ4v) is 5.42. The monoisotopic (exact) mass is 364 g/mol. The van der Waals surface area contributed by atoms with Gasteiger partial charge in [-0.25, -0.2) is 4.79 Å². The van der Waals surface area contributed by atoms with E-state index in [1.54, 1.807) is 26.4 Å². The fourth-order valence-electron chi connectivity index (χ4n) is 5.18. The van der Waals surface area contributed by atoms with Gasteiger partial charge in [0, 0.05) is 18.7 Å². The van der Waals surface area contributed by atoms with Crippen molar-refractivity contribution in [3.05, 3.63) is 17.2 Å². The van der Waals surface area contributed by atoms with E-state index >= 15 is 0 Å². The molecule has 2 heterocycles. The first-order valence-corrected chi connectivity index (χ1v) is 9.44. The summed E-state index contributed by atoms with van der Waals surface area (Å²) in [5.41, 5.74) is 0.585. The van der Waals surface area contributed by atoms with Crippen LogP contribution in [-0.2, 0) is 0 Å². The number of rotatable bonds is 3. The summed E-state index contributed by atoms with van der Waals surface area (Å²) in [6.45, 7) is 0.871. The standard InChI is InChI=1S/C19H25ClN2O3/c1-24-17-9-18(25-2)16(8-15(17)20)21-19(23)22-10-13-4-11-3-12(5-13)7-14(22)6-11/h8-9,11-14H,3-7,10H2,1-2H3,(H,21,23)/t11-,12+,13?,14?. The first-order valence-electron chi connectivity index (χ1n) is 9.06. The van der Waals surface area contributed by atoms with Gasteiger partial charge in [0.15, 0.2) is 0 Å². The molecule has 25 heavy (non-hydrogen) atoms. The van der Waals surface area contributed by atoms with Crippen LogP contribution in [0.25, 0.3) is 0 Å². The predicted octanol–water partition coefficient (Wildman–Crippen LogP) is 4.40. The van der Waals surface area contributed by atoms with Crippen LogP contribution in [0.2, 0.25) is 5.02 Å². The molecular formula is C19H25ClN2O3. The lowest BCUT2D eigenvalue weighted by atomic mass is 9.68. The summed E-state index contributed by atoms with van der Waals surface area (Å²) in [5.74, 6) is 3.36. The van der Waals surface area contributed by atoms with Gasteiger partial charge in [-0.1, -0.05) is 11.6 Å². The molecule has 2 amide bonds. The van der Waals surface area contributed by atoms with Gasteiger partial charge in [-0.15, -0.1) is 0 Å². The molecule has 0 spiro atoms. The van der Waals surface area contributed by atoms with Gasteiger partial charge in [-0.3, -0.25) is 0 Å². The molecule has 2 aliphatic heterocycles. The number of hydrogen-bond acceptors (Lipinski definition) is 3. The predicted molar refractivity (Wildman–Crippen MR) is 97.6 cm³/mol. The van der Waals surface area contributed by atoms with E-state index in [2.05, 4.69) is 10.2 Å². The van der Waals surface area contributed by atoms with Gasteiger partial charge >= 0.3 is 6.03 Å². The number of urea groups is 1. The Morgan fingerprint density at radius 3 is 2.32 bits per heavy atom. The molecule has 2 aliphatic carbocycles. The summed E-state index contributed by atoms with van der Waals surface area (Å²) >= 11 is 6.22. The van der Waals surface area contributed by atoms with Gasteiger partial charge in [0.25, 0.3) is 0 Å². The van der Waals surface area contributed by atoms with Crippen molar-refractivity contribution in [2.24, 2.45) is 17.8 Å². The molecule has 5 nitrogen and oxygen atoms in total. The largest absolute Gasteiger partial charge is 0.495 e. The van der Waals surface area contributed by atoms with Crippen molar-refractivity contribution in [1.82, 2.24) is 4.90 Å². The molecular weight excluding hydrogens is 340 g/mol. The molecule has 4 aliphatic rings. The number of fused-ring (bicyclic) bond motifs is 1. The Morgan fingerprint density at radius 1 is 1.04 bits per heavy atom. The lowest BCUT2D eigenvalue weighted by Gasteiger charge is -2.38. The number of carbonyl (C=O) groups is 1. The summed E-state index contributed by atoms with van der Waals surface area (Å²) in [4.78, 5) is 15.1. The highest BCUT2D eigenvalue weighted by Crippen LogP contribution is 2.47. The molecule has 4 atom stereocenters. The highest BCUT2D eigenvalue weighted by molar-refractivity contribution is 6.32. The van der Waals surface area contributed by atoms with Gasteiger partial charge in [0.05, 0.1) is 24.9 Å². The van der Waals surface area contributed by atoms with Crippen LogP contribution in [0.4, 0.5) is 10.5 Å². The first kappa shape index (κ1) is 16.8. The van der Waals surface area contributed by atoms with E-state index in [0.717, 1.165) is 31.2 Å². The van der Waals surface area contributed by atoms with Crippen molar-refractivity contribution in [2.75, 3.05) is 26.1 Å². The zero-order chi connectivity index (χ0) is 17.6. The summed E-state index contributed by atoms with van der Waals surface area (Å²) in [6.07, 6.45) is 6.25. The molecule has 4 fully saturated rings. The van der Waals surface area contributed by atoms with Crippen LogP contribution in [0.1, 0.15) is 32.1 Å². The molecule has 1 aromatic rings. The summed E-state index contributed by atoms with van der Waals surface area (Å²) in [6, 6.07) is 3.72. The van der Waals surface area contributed by atoms with E-state index < -0.39 is 0 Å². The molecule has 5 rings (SSSR count). The van der Waals surface area contributed by atoms with Crippen LogP contribution in [0.3, 0.4) is 0 Å². The van der Waals surface area contributed by atoms with E-state index in [1.807, 2.05) is 0 Å². The minimum absolute atomic E-state index is 0.0438. The van der Waals surface area contributed by atoms with Crippen LogP contribution < -0.4 is 14.8 Å². The normalized spacial score (nSPS) is 30.1. The smallest absolute Gasteiger partial charge is 0.322 e. The number of hydrogen-bond donors (Lipinski definition) is 1. The molecule has 0 aromatic heterocycles. The number of benzene rings is 1. The van der Waals surface area contributed by atoms with Gasteiger partial charge in [-0.05, 0) is 55.9 Å². The zero-order valence-electron chi connectivity index (χ0n) is 14.8. The molecule has 1 N–H and O–H groups in total. The van der Waals surface area contributed by atoms with E-state index in [1.165, 1.54) is 19.3 Å². The Kier molecular flexibility index (Phi) is 4.44. The van der Waals surface area contributed by atoms with Crippen molar-refractivity contribution < 1.29 is 14.3 Å². The number of methoxy groups -OCH3 is 2. The zero-order valence-corrected chi connectivity index (χ0v) is 15.5. The Balaban J connectivity index is 1.55. The van der Waals surface area contributed by atoms with Crippen molar-refractivity contribution in [3.63, 3.8) is 0 Å². The maximum atomic E-state index is 13.0. The molecule has 0 radical (unpaired) electrons. The Labute approximate surface area is 153 Å². The molecule has 136 valence electrons. The van der Waals surface area contributed by atoms with Gasteiger partial charge in [0.2, 0.25) is 0 Å². The lowest BCUT2D eigenvalue weighted by Crippen LogP contribution is -2.44. The van der Waals surface area contributed by atoms with Crippen LogP contribution in [0.5, 0.6) is 11.5 Å². The third kappa shape index (κ3) is 3.14. The Hall–Kier alpha value is -1.62. The maximum absolute atomic E-state index is 13.0.